The lowest BCUT2D eigenvalue weighted by Crippen LogP contribution is -2.48. The van der Waals surface area contributed by atoms with Gasteiger partial charge >= 0.3 is 5.97 Å². The van der Waals surface area contributed by atoms with E-state index in [9.17, 15) is 4.79 Å². The van der Waals surface area contributed by atoms with Crippen molar-refractivity contribution in [1.29, 1.82) is 0 Å². The van der Waals surface area contributed by atoms with E-state index in [1.807, 2.05) is 20.8 Å². The number of hydrogen-bond donors (Lipinski definition) is 1. The topological polar surface area (TPSA) is 38.3 Å². The molecule has 0 radical (unpaired) electrons. The van der Waals surface area contributed by atoms with Crippen molar-refractivity contribution in [3.63, 3.8) is 0 Å². The third kappa shape index (κ3) is 4.20. The largest absolute Gasteiger partial charge is 0.460 e. The van der Waals surface area contributed by atoms with Gasteiger partial charge in [-0.2, -0.15) is 0 Å². The van der Waals surface area contributed by atoms with E-state index in [0.29, 0.717) is 0 Å². The Morgan fingerprint density at radius 3 is 2.47 bits per heavy atom. The molecule has 1 atom stereocenters. The highest BCUT2D eigenvalue weighted by Gasteiger charge is 2.34. The number of rotatable bonds is 1. The molecular formula is C12H23NO2. The van der Waals surface area contributed by atoms with Gasteiger partial charge in [-0.3, -0.25) is 4.79 Å². The summed E-state index contributed by atoms with van der Waals surface area (Å²) in [7, 11) is 0. The molecule has 0 bridgehead atoms. The molecule has 1 aliphatic heterocycles. The molecule has 0 spiro atoms. The Balaban J connectivity index is 2.53. The molecule has 1 rings (SSSR count). The van der Waals surface area contributed by atoms with Crippen LogP contribution >= 0.6 is 0 Å². The van der Waals surface area contributed by atoms with E-state index in [1.54, 1.807) is 0 Å². The van der Waals surface area contributed by atoms with Crippen LogP contribution in [-0.2, 0) is 9.53 Å². The van der Waals surface area contributed by atoms with E-state index in [-0.39, 0.29) is 23.0 Å². The van der Waals surface area contributed by atoms with Crippen LogP contribution in [0.25, 0.3) is 0 Å². The summed E-state index contributed by atoms with van der Waals surface area (Å²) < 4.78 is 5.40. The van der Waals surface area contributed by atoms with Crippen LogP contribution in [0.5, 0.6) is 0 Å². The van der Waals surface area contributed by atoms with Gasteiger partial charge in [-0.1, -0.05) is 0 Å². The number of carbonyl (C=O) groups excluding carboxylic acids is 1. The molecule has 88 valence electrons. The van der Waals surface area contributed by atoms with Gasteiger partial charge in [0.2, 0.25) is 0 Å². The van der Waals surface area contributed by atoms with Gasteiger partial charge in [0.25, 0.3) is 0 Å². The number of hydrogen-bond acceptors (Lipinski definition) is 3. The first-order chi connectivity index (χ1) is 6.70. The lowest BCUT2D eigenvalue weighted by Gasteiger charge is -2.36. The van der Waals surface area contributed by atoms with Crippen molar-refractivity contribution in [2.24, 2.45) is 5.92 Å². The van der Waals surface area contributed by atoms with Gasteiger partial charge in [0.1, 0.15) is 5.60 Å². The molecule has 0 amide bonds. The van der Waals surface area contributed by atoms with Gasteiger partial charge < -0.3 is 10.1 Å². The van der Waals surface area contributed by atoms with Crippen LogP contribution in [0.4, 0.5) is 0 Å². The molecule has 15 heavy (non-hydrogen) atoms. The SMILES string of the molecule is CC1(C)CC(C(=O)OC(C)(C)C)CCN1. The quantitative estimate of drug-likeness (QED) is 0.678. The van der Waals surface area contributed by atoms with Crippen LogP contribution in [0, 0.1) is 5.92 Å². The van der Waals surface area contributed by atoms with E-state index >= 15 is 0 Å². The van der Waals surface area contributed by atoms with Gasteiger partial charge in [-0.25, -0.2) is 0 Å². The fourth-order valence-electron chi connectivity index (χ4n) is 1.96. The zero-order chi connectivity index (χ0) is 11.7. The molecule has 3 heteroatoms. The normalized spacial score (nSPS) is 26.1. The maximum absolute atomic E-state index is 11.9. The molecule has 1 unspecified atom stereocenters. The third-order valence-electron chi connectivity index (χ3n) is 2.59. The van der Waals surface area contributed by atoms with E-state index in [2.05, 4.69) is 19.2 Å². The second-order valence-corrected chi connectivity index (χ2v) is 6.03. The fourth-order valence-corrected chi connectivity index (χ4v) is 1.96. The highest BCUT2D eigenvalue weighted by molar-refractivity contribution is 5.73. The highest BCUT2D eigenvalue weighted by Crippen LogP contribution is 2.26. The fraction of sp³-hybridized carbons (Fsp3) is 0.917. The summed E-state index contributed by atoms with van der Waals surface area (Å²) in [4.78, 5) is 11.9. The van der Waals surface area contributed by atoms with Crippen LogP contribution in [0.15, 0.2) is 0 Å². The van der Waals surface area contributed by atoms with E-state index in [0.717, 1.165) is 19.4 Å². The van der Waals surface area contributed by atoms with Crippen molar-refractivity contribution in [3.8, 4) is 0 Å². The van der Waals surface area contributed by atoms with Crippen molar-refractivity contribution in [2.75, 3.05) is 6.54 Å². The standard InChI is InChI=1S/C12H23NO2/c1-11(2,3)15-10(14)9-6-7-13-12(4,5)8-9/h9,13H,6-8H2,1-5H3. The first-order valence-electron chi connectivity index (χ1n) is 5.67. The number of nitrogens with one attached hydrogen (secondary N) is 1. The van der Waals surface area contributed by atoms with Crippen molar-refractivity contribution < 1.29 is 9.53 Å². The maximum Gasteiger partial charge on any atom is 0.309 e. The summed E-state index contributed by atoms with van der Waals surface area (Å²) in [6.45, 7) is 10.9. The Bertz CT molecular complexity index is 240. The molecular weight excluding hydrogens is 190 g/mol. The Hall–Kier alpha value is -0.570. The van der Waals surface area contributed by atoms with Gasteiger partial charge in [-0.05, 0) is 54.0 Å². The lowest BCUT2D eigenvalue weighted by molar-refractivity contribution is -0.161. The summed E-state index contributed by atoms with van der Waals surface area (Å²) in [5.74, 6) is 0.0116. The van der Waals surface area contributed by atoms with E-state index in [1.165, 1.54) is 0 Å². The minimum Gasteiger partial charge on any atom is -0.460 e. The van der Waals surface area contributed by atoms with Crippen molar-refractivity contribution in [2.45, 2.75) is 58.6 Å². The summed E-state index contributed by atoms with van der Waals surface area (Å²) in [6, 6.07) is 0. The third-order valence-corrected chi connectivity index (χ3v) is 2.59. The Labute approximate surface area is 92.6 Å². The second-order valence-electron chi connectivity index (χ2n) is 6.03. The first-order valence-corrected chi connectivity index (χ1v) is 5.67. The molecule has 1 N–H and O–H groups in total. The molecule has 0 aliphatic carbocycles. The second kappa shape index (κ2) is 4.12. The number of piperidine rings is 1. The Morgan fingerprint density at radius 1 is 1.40 bits per heavy atom. The molecule has 0 aromatic rings. The van der Waals surface area contributed by atoms with Crippen LogP contribution in [0.2, 0.25) is 0 Å². The molecule has 3 nitrogen and oxygen atoms in total. The summed E-state index contributed by atoms with van der Waals surface area (Å²) in [6.07, 6.45) is 1.75. The van der Waals surface area contributed by atoms with Gasteiger partial charge in [0, 0.05) is 5.54 Å². The average molecular weight is 213 g/mol. The minimum atomic E-state index is -0.369. The predicted molar refractivity (Wildman–Crippen MR) is 60.7 cm³/mol. The van der Waals surface area contributed by atoms with Crippen molar-refractivity contribution in [1.82, 2.24) is 5.32 Å². The smallest absolute Gasteiger partial charge is 0.309 e. The first kappa shape index (κ1) is 12.5. The number of carbonyl (C=O) groups is 1. The van der Waals surface area contributed by atoms with Crippen LogP contribution < -0.4 is 5.32 Å². The molecule has 1 fully saturated rings. The molecule has 0 saturated carbocycles. The molecule has 1 heterocycles. The monoisotopic (exact) mass is 213 g/mol. The van der Waals surface area contributed by atoms with Crippen LogP contribution in [-0.4, -0.2) is 23.7 Å². The molecule has 1 saturated heterocycles. The van der Waals surface area contributed by atoms with Crippen LogP contribution in [0.3, 0.4) is 0 Å². The maximum atomic E-state index is 11.9. The van der Waals surface area contributed by atoms with Crippen molar-refractivity contribution >= 4 is 5.97 Å². The van der Waals surface area contributed by atoms with Gasteiger partial charge in [-0.15, -0.1) is 0 Å². The lowest BCUT2D eigenvalue weighted by atomic mass is 9.84. The number of esters is 1. The van der Waals surface area contributed by atoms with Gasteiger partial charge in [0.15, 0.2) is 0 Å². The Morgan fingerprint density at radius 2 is 2.00 bits per heavy atom. The summed E-state index contributed by atoms with van der Waals surface area (Å²) in [5, 5.41) is 3.40. The number of ether oxygens (including phenoxy) is 1. The Kier molecular flexibility index (Phi) is 3.44. The van der Waals surface area contributed by atoms with Crippen LogP contribution in [0.1, 0.15) is 47.5 Å². The summed E-state index contributed by atoms with van der Waals surface area (Å²) in [5.41, 5.74) is -0.314. The minimum absolute atomic E-state index is 0.0444. The van der Waals surface area contributed by atoms with Crippen molar-refractivity contribution in [3.05, 3.63) is 0 Å². The molecule has 0 aromatic carbocycles. The van der Waals surface area contributed by atoms with E-state index < -0.39 is 0 Å². The summed E-state index contributed by atoms with van der Waals surface area (Å²) >= 11 is 0. The average Bonchev–Trinajstić information content (AvgIpc) is 1.99. The van der Waals surface area contributed by atoms with E-state index in [4.69, 9.17) is 4.74 Å². The molecule has 0 aromatic heterocycles. The predicted octanol–water partition coefficient (Wildman–Crippen LogP) is 2.11. The highest BCUT2D eigenvalue weighted by atomic mass is 16.6. The van der Waals surface area contributed by atoms with Gasteiger partial charge in [0.05, 0.1) is 5.92 Å². The zero-order valence-electron chi connectivity index (χ0n) is 10.5. The zero-order valence-corrected chi connectivity index (χ0v) is 10.5. The molecule has 1 aliphatic rings.